The molecule has 1 aromatic rings. The van der Waals surface area contributed by atoms with Crippen molar-refractivity contribution in [2.24, 2.45) is 5.92 Å². The first-order valence-electron chi connectivity index (χ1n) is 7.07. The van der Waals surface area contributed by atoms with Gasteiger partial charge < -0.3 is 15.3 Å². The van der Waals surface area contributed by atoms with Crippen LogP contribution in [-0.2, 0) is 6.54 Å². The molecule has 0 amide bonds. The zero-order valence-electron chi connectivity index (χ0n) is 12.5. The fourth-order valence-corrected chi connectivity index (χ4v) is 2.34. The lowest BCUT2D eigenvalue weighted by atomic mass is 10.1. The van der Waals surface area contributed by atoms with E-state index in [1.807, 2.05) is 0 Å². The van der Waals surface area contributed by atoms with Gasteiger partial charge in [-0.15, -0.1) is 0 Å². The summed E-state index contributed by atoms with van der Waals surface area (Å²) in [5, 5.41) is 12.9. The van der Waals surface area contributed by atoms with E-state index in [0.29, 0.717) is 23.2 Å². The van der Waals surface area contributed by atoms with Crippen molar-refractivity contribution in [1.82, 2.24) is 5.32 Å². The Morgan fingerprint density at radius 2 is 2.05 bits per heavy atom. The maximum atomic E-state index is 12.7. The summed E-state index contributed by atoms with van der Waals surface area (Å²) >= 11 is 6.21. The van der Waals surface area contributed by atoms with E-state index in [1.54, 1.807) is 18.2 Å². The number of nitrogens with one attached hydrogen (secondary N) is 1. The summed E-state index contributed by atoms with van der Waals surface area (Å²) in [6.45, 7) is 5.07. The van der Waals surface area contributed by atoms with Crippen LogP contribution in [0.5, 0.6) is 0 Å². The number of hydrogen-bond donors (Lipinski definition) is 2. The average Bonchev–Trinajstić information content (AvgIpc) is 2.39. The normalized spacial score (nSPS) is 11.4. The summed E-state index contributed by atoms with van der Waals surface area (Å²) in [5.41, 5.74) is 1.43. The Kier molecular flexibility index (Phi) is 7.93. The van der Waals surface area contributed by atoms with Crippen LogP contribution >= 0.6 is 11.6 Å². The van der Waals surface area contributed by atoms with E-state index in [2.05, 4.69) is 19.2 Å². The van der Waals surface area contributed by atoms with Gasteiger partial charge in [-0.1, -0.05) is 31.5 Å². The van der Waals surface area contributed by atoms with E-state index >= 15 is 0 Å². The van der Waals surface area contributed by atoms with Crippen LogP contribution in [0.2, 0.25) is 5.02 Å². The Balaban J connectivity index is 2.94. The van der Waals surface area contributed by atoms with E-state index in [9.17, 15) is 8.78 Å². The van der Waals surface area contributed by atoms with Crippen molar-refractivity contribution < 1.29 is 13.9 Å². The minimum Gasteiger partial charge on any atom is -0.395 e. The standard InChI is InChI=1S/C15H23ClF2N2O/c1-11(2)8-19-9-12-13(16)4-3-5-14(12)20(6-7-21)10-15(17)18/h3-5,11,15,19,21H,6-10H2,1-2H3. The van der Waals surface area contributed by atoms with Gasteiger partial charge in [0.1, 0.15) is 0 Å². The molecule has 1 aromatic carbocycles. The lowest BCUT2D eigenvalue weighted by Gasteiger charge is -2.27. The fraction of sp³-hybridized carbons (Fsp3) is 0.600. The Morgan fingerprint density at radius 1 is 1.33 bits per heavy atom. The molecule has 0 atom stereocenters. The number of benzene rings is 1. The molecule has 3 nitrogen and oxygen atoms in total. The molecular weight excluding hydrogens is 298 g/mol. The topological polar surface area (TPSA) is 35.5 Å². The number of hydrogen-bond acceptors (Lipinski definition) is 3. The first-order valence-corrected chi connectivity index (χ1v) is 7.45. The summed E-state index contributed by atoms with van der Waals surface area (Å²) in [5.74, 6) is 0.491. The number of nitrogens with zero attached hydrogens (tertiary/aromatic N) is 1. The molecular formula is C15H23ClF2N2O. The Labute approximate surface area is 129 Å². The van der Waals surface area contributed by atoms with Gasteiger partial charge in [0.25, 0.3) is 6.43 Å². The number of aliphatic hydroxyl groups excluding tert-OH is 1. The van der Waals surface area contributed by atoms with Gasteiger partial charge in [-0.2, -0.15) is 0 Å². The van der Waals surface area contributed by atoms with Crippen LogP contribution < -0.4 is 10.2 Å². The predicted molar refractivity (Wildman–Crippen MR) is 83.3 cm³/mol. The summed E-state index contributed by atoms with van der Waals surface area (Å²) < 4.78 is 25.4. The van der Waals surface area contributed by atoms with Crippen molar-refractivity contribution in [3.63, 3.8) is 0 Å². The van der Waals surface area contributed by atoms with E-state index in [0.717, 1.165) is 12.1 Å². The van der Waals surface area contributed by atoms with Crippen molar-refractivity contribution in [2.75, 3.05) is 31.1 Å². The Morgan fingerprint density at radius 3 is 2.62 bits per heavy atom. The number of aliphatic hydroxyl groups is 1. The molecule has 21 heavy (non-hydrogen) atoms. The molecule has 0 aromatic heterocycles. The first kappa shape index (κ1) is 18.1. The SMILES string of the molecule is CC(C)CNCc1c(Cl)cccc1N(CCO)CC(F)F. The maximum Gasteiger partial charge on any atom is 0.255 e. The van der Waals surface area contributed by atoms with E-state index in [-0.39, 0.29) is 13.2 Å². The van der Waals surface area contributed by atoms with Crippen LogP contribution in [-0.4, -0.2) is 37.8 Å². The molecule has 0 fully saturated rings. The number of anilines is 1. The van der Waals surface area contributed by atoms with Crippen molar-refractivity contribution in [1.29, 1.82) is 0 Å². The van der Waals surface area contributed by atoms with E-state index < -0.39 is 13.0 Å². The molecule has 2 N–H and O–H groups in total. The highest BCUT2D eigenvalue weighted by atomic mass is 35.5. The molecule has 1 rings (SSSR count). The summed E-state index contributed by atoms with van der Waals surface area (Å²) in [4.78, 5) is 1.48. The van der Waals surface area contributed by atoms with Gasteiger partial charge in [0.05, 0.1) is 13.2 Å². The quantitative estimate of drug-likeness (QED) is 0.733. The van der Waals surface area contributed by atoms with Gasteiger partial charge in [0, 0.05) is 29.4 Å². The van der Waals surface area contributed by atoms with Gasteiger partial charge in [0.15, 0.2) is 0 Å². The molecule has 0 saturated heterocycles. The van der Waals surface area contributed by atoms with Crippen LogP contribution in [0.15, 0.2) is 18.2 Å². The fourth-order valence-electron chi connectivity index (χ4n) is 2.10. The van der Waals surface area contributed by atoms with Crippen LogP contribution in [0.3, 0.4) is 0 Å². The molecule has 0 unspecified atom stereocenters. The zero-order chi connectivity index (χ0) is 15.8. The number of halogens is 3. The van der Waals surface area contributed by atoms with E-state index in [4.69, 9.17) is 16.7 Å². The zero-order valence-corrected chi connectivity index (χ0v) is 13.2. The number of rotatable bonds is 9. The minimum atomic E-state index is -2.47. The largest absolute Gasteiger partial charge is 0.395 e. The molecule has 0 radical (unpaired) electrons. The van der Waals surface area contributed by atoms with Gasteiger partial charge in [0.2, 0.25) is 0 Å². The van der Waals surface area contributed by atoms with Crippen LogP contribution in [0.25, 0.3) is 0 Å². The average molecular weight is 321 g/mol. The molecule has 0 aliphatic heterocycles. The lowest BCUT2D eigenvalue weighted by Crippen LogP contribution is -2.33. The third-order valence-corrected chi connectivity index (χ3v) is 3.37. The van der Waals surface area contributed by atoms with Gasteiger partial charge in [-0.3, -0.25) is 0 Å². The smallest absolute Gasteiger partial charge is 0.255 e. The maximum absolute atomic E-state index is 12.7. The Bertz CT molecular complexity index is 430. The van der Waals surface area contributed by atoms with Crippen molar-refractivity contribution in [2.45, 2.75) is 26.8 Å². The minimum absolute atomic E-state index is 0.155. The van der Waals surface area contributed by atoms with Crippen molar-refractivity contribution >= 4 is 17.3 Å². The second-order valence-corrected chi connectivity index (χ2v) is 5.73. The highest BCUT2D eigenvalue weighted by Gasteiger charge is 2.17. The second-order valence-electron chi connectivity index (χ2n) is 5.32. The molecule has 0 aliphatic rings. The molecule has 0 spiro atoms. The summed E-state index contributed by atoms with van der Waals surface area (Å²) in [6.07, 6.45) is -2.47. The predicted octanol–water partition coefficient (Wildman–Crippen LogP) is 3.15. The summed E-state index contributed by atoms with van der Waals surface area (Å²) in [7, 11) is 0. The molecule has 0 heterocycles. The van der Waals surface area contributed by atoms with Crippen LogP contribution in [0, 0.1) is 5.92 Å². The third-order valence-electron chi connectivity index (χ3n) is 3.02. The molecule has 0 aliphatic carbocycles. The number of alkyl halides is 2. The summed E-state index contributed by atoms with van der Waals surface area (Å²) in [6, 6.07) is 5.24. The van der Waals surface area contributed by atoms with Gasteiger partial charge in [-0.25, -0.2) is 8.78 Å². The van der Waals surface area contributed by atoms with Crippen LogP contribution in [0.1, 0.15) is 19.4 Å². The second kappa shape index (κ2) is 9.18. The highest BCUT2D eigenvalue weighted by Crippen LogP contribution is 2.28. The van der Waals surface area contributed by atoms with Crippen LogP contribution in [0.4, 0.5) is 14.5 Å². The van der Waals surface area contributed by atoms with E-state index in [1.165, 1.54) is 4.90 Å². The highest BCUT2D eigenvalue weighted by molar-refractivity contribution is 6.31. The monoisotopic (exact) mass is 320 g/mol. The molecule has 6 heteroatoms. The first-order chi connectivity index (χ1) is 9.95. The molecule has 0 saturated carbocycles. The van der Waals surface area contributed by atoms with Gasteiger partial charge in [-0.05, 0) is 24.6 Å². The Hall–Kier alpha value is -0.910. The van der Waals surface area contributed by atoms with Gasteiger partial charge >= 0.3 is 0 Å². The lowest BCUT2D eigenvalue weighted by molar-refractivity contribution is 0.152. The third kappa shape index (κ3) is 6.16. The van der Waals surface area contributed by atoms with Crippen molar-refractivity contribution in [3.05, 3.63) is 28.8 Å². The molecule has 120 valence electrons. The molecule has 0 bridgehead atoms. The van der Waals surface area contributed by atoms with Crippen molar-refractivity contribution in [3.8, 4) is 0 Å².